The fourth-order valence-corrected chi connectivity index (χ4v) is 4.10. The number of ether oxygens (including phenoxy) is 4. The summed E-state index contributed by atoms with van der Waals surface area (Å²) in [5, 5.41) is 0. The van der Waals surface area contributed by atoms with Crippen LogP contribution in [0, 0.1) is 29.6 Å². The molecule has 4 nitrogen and oxygen atoms in total. The lowest BCUT2D eigenvalue weighted by Crippen LogP contribution is -2.43. The maximum atomic E-state index is 5.96. The molecule has 0 radical (unpaired) electrons. The van der Waals surface area contributed by atoms with E-state index < -0.39 is 0 Å². The van der Waals surface area contributed by atoms with E-state index in [1.54, 1.807) is 21.3 Å². The number of fused-ring (bicyclic) bond motifs is 1. The SMILES string of the molecule is COC[C@H]1CC[C@H](C(C)C)[C@H]2[C@H](OC)O[C@H](OC)[C@@H]12. The molecule has 0 spiro atoms. The summed E-state index contributed by atoms with van der Waals surface area (Å²) in [4.78, 5) is 0. The Morgan fingerprint density at radius 1 is 1.00 bits per heavy atom. The van der Waals surface area contributed by atoms with Gasteiger partial charge in [-0.3, -0.25) is 0 Å². The van der Waals surface area contributed by atoms with Gasteiger partial charge in [-0.1, -0.05) is 13.8 Å². The normalized spacial score (nSPS) is 42.6. The van der Waals surface area contributed by atoms with Gasteiger partial charge in [0.05, 0.1) is 0 Å². The van der Waals surface area contributed by atoms with Gasteiger partial charge in [0.25, 0.3) is 0 Å². The predicted octanol–water partition coefficient (Wildman–Crippen LogP) is 2.52. The maximum Gasteiger partial charge on any atom is 0.163 e. The monoisotopic (exact) mass is 272 g/mol. The molecule has 0 aromatic rings. The van der Waals surface area contributed by atoms with Crippen molar-refractivity contribution in [2.45, 2.75) is 39.3 Å². The van der Waals surface area contributed by atoms with Gasteiger partial charge in [-0.15, -0.1) is 0 Å². The molecule has 0 amide bonds. The molecule has 4 heteroatoms. The summed E-state index contributed by atoms with van der Waals surface area (Å²) in [5.41, 5.74) is 0. The molecule has 1 aliphatic heterocycles. The molecule has 0 bridgehead atoms. The zero-order chi connectivity index (χ0) is 14.0. The van der Waals surface area contributed by atoms with Crippen LogP contribution < -0.4 is 0 Å². The molecule has 1 saturated carbocycles. The first-order valence-electron chi connectivity index (χ1n) is 7.34. The highest BCUT2D eigenvalue weighted by Gasteiger charge is 2.54. The van der Waals surface area contributed by atoms with Crippen molar-refractivity contribution >= 4 is 0 Å². The Kier molecular flexibility index (Phi) is 5.23. The van der Waals surface area contributed by atoms with E-state index in [4.69, 9.17) is 18.9 Å². The second-order valence-corrected chi connectivity index (χ2v) is 6.20. The Balaban J connectivity index is 2.23. The van der Waals surface area contributed by atoms with Crippen LogP contribution in [0.2, 0.25) is 0 Å². The second kappa shape index (κ2) is 6.53. The van der Waals surface area contributed by atoms with E-state index >= 15 is 0 Å². The lowest BCUT2D eigenvalue weighted by Gasteiger charge is -2.42. The molecular weight excluding hydrogens is 244 g/mol. The Hall–Kier alpha value is -0.160. The Labute approximate surface area is 116 Å². The van der Waals surface area contributed by atoms with Gasteiger partial charge >= 0.3 is 0 Å². The molecule has 2 aliphatic rings. The molecule has 0 aromatic heterocycles. The third-order valence-corrected chi connectivity index (χ3v) is 4.95. The first kappa shape index (κ1) is 15.2. The summed E-state index contributed by atoms with van der Waals surface area (Å²) in [6, 6.07) is 0. The van der Waals surface area contributed by atoms with E-state index in [1.165, 1.54) is 12.8 Å². The molecule has 0 unspecified atom stereocenters. The maximum absolute atomic E-state index is 5.96. The fourth-order valence-electron chi connectivity index (χ4n) is 4.10. The zero-order valence-corrected chi connectivity index (χ0v) is 12.8. The molecular formula is C15H28O4. The molecule has 6 atom stereocenters. The van der Waals surface area contributed by atoms with Crippen LogP contribution in [-0.4, -0.2) is 40.5 Å². The van der Waals surface area contributed by atoms with Gasteiger partial charge in [0.1, 0.15) is 0 Å². The summed E-state index contributed by atoms with van der Waals surface area (Å²) in [6.07, 6.45) is 2.13. The quantitative estimate of drug-likeness (QED) is 0.770. The van der Waals surface area contributed by atoms with Crippen molar-refractivity contribution in [3.05, 3.63) is 0 Å². The van der Waals surface area contributed by atoms with Crippen LogP contribution in [0.1, 0.15) is 26.7 Å². The lowest BCUT2D eigenvalue weighted by molar-refractivity contribution is -0.201. The van der Waals surface area contributed by atoms with Crippen LogP contribution in [0.5, 0.6) is 0 Å². The number of methoxy groups -OCH3 is 3. The van der Waals surface area contributed by atoms with Gasteiger partial charge in [0, 0.05) is 39.8 Å². The minimum atomic E-state index is -0.156. The molecule has 1 aliphatic carbocycles. The lowest BCUT2D eigenvalue weighted by atomic mass is 9.64. The van der Waals surface area contributed by atoms with Crippen molar-refractivity contribution < 1.29 is 18.9 Å². The van der Waals surface area contributed by atoms with E-state index in [0.29, 0.717) is 29.6 Å². The van der Waals surface area contributed by atoms with Gasteiger partial charge in [-0.25, -0.2) is 0 Å². The van der Waals surface area contributed by atoms with Crippen molar-refractivity contribution in [3.63, 3.8) is 0 Å². The standard InChI is InChI=1S/C15H28O4/c1-9(2)11-7-6-10(8-16-3)12-13(11)15(18-5)19-14(12)17-4/h9-15H,6-8H2,1-5H3/t10-,11-,12+,13-,14+,15-/m1/s1. The van der Waals surface area contributed by atoms with Crippen molar-refractivity contribution in [3.8, 4) is 0 Å². The largest absolute Gasteiger partial charge is 0.384 e. The van der Waals surface area contributed by atoms with E-state index in [9.17, 15) is 0 Å². The minimum Gasteiger partial charge on any atom is -0.384 e. The third-order valence-electron chi connectivity index (χ3n) is 4.95. The predicted molar refractivity (Wildman–Crippen MR) is 72.6 cm³/mol. The molecule has 0 N–H and O–H groups in total. The molecule has 0 aromatic carbocycles. The van der Waals surface area contributed by atoms with Crippen LogP contribution in [0.4, 0.5) is 0 Å². The van der Waals surface area contributed by atoms with Crippen molar-refractivity contribution in [1.82, 2.24) is 0 Å². The summed E-state index contributed by atoms with van der Waals surface area (Å²) < 4.78 is 22.5. The fraction of sp³-hybridized carbons (Fsp3) is 1.00. The highest BCUT2D eigenvalue weighted by atomic mass is 16.8. The van der Waals surface area contributed by atoms with Gasteiger partial charge < -0.3 is 18.9 Å². The summed E-state index contributed by atoms with van der Waals surface area (Å²) >= 11 is 0. The average molecular weight is 272 g/mol. The molecule has 1 saturated heterocycles. The molecule has 19 heavy (non-hydrogen) atoms. The molecule has 2 fully saturated rings. The van der Waals surface area contributed by atoms with Gasteiger partial charge in [0.15, 0.2) is 12.6 Å². The number of hydrogen-bond acceptors (Lipinski definition) is 4. The van der Waals surface area contributed by atoms with Crippen molar-refractivity contribution in [1.29, 1.82) is 0 Å². The van der Waals surface area contributed by atoms with Crippen LogP contribution in [0.25, 0.3) is 0 Å². The van der Waals surface area contributed by atoms with Crippen LogP contribution in [0.15, 0.2) is 0 Å². The highest BCUT2D eigenvalue weighted by Crippen LogP contribution is 2.51. The number of hydrogen-bond donors (Lipinski definition) is 0. The van der Waals surface area contributed by atoms with E-state index in [2.05, 4.69) is 13.8 Å². The van der Waals surface area contributed by atoms with E-state index in [-0.39, 0.29) is 12.6 Å². The number of rotatable bonds is 5. The Bertz CT molecular complexity index is 281. The molecule has 2 rings (SSSR count). The molecule has 1 heterocycles. The van der Waals surface area contributed by atoms with E-state index in [1.807, 2.05) is 0 Å². The van der Waals surface area contributed by atoms with Crippen LogP contribution in [0.3, 0.4) is 0 Å². The average Bonchev–Trinajstić information content (AvgIpc) is 2.78. The first-order valence-corrected chi connectivity index (χ1v) is 7.34. The van der Waals surface area contributed by atoms with Crippen LogP contribution >= 0.6 is 0 Å². The Morgan fingerprint density at radius 2 is 1.63 bits per heavy atom. The summed E-state index contributed by atoms with van der Waals surface area (Å²) in [5.74, 6) is 2.60. The Morgan fingerprint density at radius 3 is 2.16 bits per heavy atom. The summed E-state index contributed by atoms with van der Waals surface area (Å²) in [7, 11) is 5.23. The summed E-state index contributed by atoms with van der Waals surface area (Å²) in [6.45, 7) is 5.38. The topological polar surface area (TPSA) is 36.9 Å². The molecule has 112 valence electrons. The van der Waals surface area contributed by atoms with Gasteiger partial charge in [0.2, 0.25) is 0 Å². The highest BCUT2D eigenvalue weighted by molar-refractivity contribution is 4.95. The van der Waals surface area contributed by atoms with Crippen molar-refractivity contribution in [2.75, 3.05) is 27.9 Å². The smallest absolute Gasteiger partial charge is 0.163 e. The zero-order valence-electron chi connectivity index (χ0n) is 12.8. The van der Waals surface area contributed by atoms with E-state index in [0.717, 1.165) is 6.61 Å². The second-order valence-electron chi connectivity index (χ2n) is 6.20. The van der Waals surface area contributed by atoms with Crippen molar-refractivity contribution in [2.24, 2.45) is 29.6 Å². The van der Waals surface area contributed by atoms with Crippen LogP contribution in [-0.2, 0) is 18.9 Å². The first-order chi connectivity index (χ1) is 9.13. The van der Waals surface area contributed by atoms with Gasteiger partial charge in [-0.2, -0.15) is 0 Å². The van der Waals surface area contributed by atoms with Gasteiger partial charge in [-0.05, 0) is 30.6 Å². The minimum absolute atomic E-state index is 0.137. The third kappa shape index (κ3) is 2.82.